The van der Waals surface area contributed by atoms with E-state index in [1.807, 2.05) is 30.5 Å². The molecular weight excluding hydrogens is 359 g/mol. The van der Waals surface area contributed by atoms with Crippen molar-refractivity contribution in [1.82, 2.24) is 19.7 Å². The Morgan fingerprint density at radius 2 is 1.89 bits per heavy atom. The molecule has 4 aromatic rings. The van der Waals surface area contributed by atoms with Crippen molar-refractivity contribution in [2.24, 2.45) is 0 Å². The maximum atomic E-state index is 13.2. The molecule has 0 saturated heterocycles. The molecule has 27 heavy (non-hydrogen) atoms. The number of aromatic amines is 1. The van der Waals surface area contributed by atoms with Crippen LogP contribution in [0.1, 0.15) is 36.6 Å². The third kappa shape index (κ3) is 3.04. The molecule has 1 aliphatic carbocycles. The summed E-state index contributed by atoms with van der Waals surface area (Å²) in [5, 5.41) is 11.3. The van der Waals surface area contributed by atoms with E-state index in [9.17, 15) is 4.39 Å². The van der Waals surface area contributed by atoms with Gasteiger partial charge in [0.25, 0.3) is 0 Å². The second-order valence-corrected chi connectivity index (χ2v) is 8.27. The van der Waals surface area contributed by atoms with Crippen LogP contribution in [0.2, 0.25) is 0 Å². The fourth-order valence-electron chi connectivity index (χ4n) is 3.42. The number of fused-ring (bicyclic) bond motifs is 1. The highest BCUT2D eigenvalue weighted by molar-refractivity contribution is 7.99. The zero-order chi connectivity index (χ0) is 18.4. The van der Waals surface area contributed by atoms with Gasteiger partial charge in [0.15, 0.2) is 11.0 Å². The second kappa shape index (κ2) is 6.53. The number of H-pyrrole nitrogens is 1. The number of benzene rings is 2. The highest BCUT2D eigenvalue weighted by Gasteiger charge is 2.31. The standard InChI is InChI=1S/C21H19FN4S/c1-13(14-6-8-15(22)9-7-14)27-21-25-24-20(26(21)16-10-11-16)18-12-23-19-5-3-2-4-17(18)19/h2-9,12-13,16,23H,10-11H2,1H3. The zero-order valence-corrected chi connectivity index (χ0v) is 15.7. The molecule has 2 heterocycles. The summed E-state index contributed by atoms with van der Waals surface area (Å²) in [4.78, 5) is 3.33. The minimum atomic E-state index is -0.210. The van der Waals surface area contributed by atoms with E-state index in [2.05, 4.69) is 38.8 Å². The lowest BCUT2D eigenvalue weighted by Gasteiger charge is -2.13. The lowest BCUT2D eigenvalue weighted by Crippen LogP contribution is -2.00. The van der Waals surface area contributed by atoms with Gasteiger partial charge in [-0.15, -0.1) is 10.2 Å². The first-order valence-corrected chi connectivity index (χ1v) is 10.0. The summed E-state index contributed by atoms with van der Waals surface area (Å²) in [5.74, 6) is 0.711. The van der Waals surface area contributed by atoms with Crippen molar-refractivity contribution in [3.63, 3.8) is 0 Å². The van der Waals surface area contributed by atoms with Crippen LogP contribution < -0.4 is 0 Å². The molecular formula is C21H19FN4S. The van der Waals surface area contributed by atoms with Gasteiger partial charge >= 0.3 is 0 Å². The van der Waals surface area contributed by atoms with Gasteiger partial charge in [0.05, 0.1) is 0 Å². The molecule has 2 aromatic heterocycles. The van der Waals surface area contributed by atoms with Crippen molar-refractivity contribution in [2.45, 2.75) is 36.2 Å². The van der Waals surface area contributed by atoms with Crippen molar-refractivity contribution >= 4 is 22.7 Å². The van der Waals surface area contributed by atoms with Crippen LogP contribution in [0.15, 0.2) is 59.9 Å². The van der Waals surface area contributed by atoms with Crippen LogP contribution >= 0.6 is 11.8 Å². The summed E-state index contributed by atoms with van der Waals surface area (Å²) >= 11 is 1.68. The molecule has 1 unspecified atom stereocenters. The Morgan fingerprint density at radius 3 is 2.67 bits per heavy atom. The summed E-state index contributed by atoms with van der Waals surface area (Å²) in [6.07, 6.45) is 4.34. The molecule has 1 N–H and O–H groups in total. The number of para-hydroxylation sites is 1. The van der Waals surface area contributed by atoms with Gasteiger partial charge in [-0.25, -0.2) is 4.39 Å². The summed E-state index contributed by atoms with van der Waals surface area (Å²) in [6.45, 7) is 2.12. The summed E-state index contributed by atoms with van der Waals surface area (Å²) in [5.41, 5.74) is 3.28. The third-order valence-electron chi connectivity index (χ3n) is 5.03. The van der Waals surface area contributed by atoms with Gasteiger partial charge in [-0.05, 0) is 43.5 Å². The third-order valence-corrected chi connectivity index (χ3v) is 6.14. The lowest BCUT2D eigenvalue weighted by atomic mass is 10.1. The molecule has 1 atom stereocenters. The van der Waals surface area contributed by atoms with E-state index < -0.39 is 0 Å². The van der Waals surface area contributed by atoms with E-state index in [-0.39, 0.29) is 11.1 Å². The number of nitrogens with one attached hydrogen (secondary N) is 1. The van der Waals surface area contributed by atoms with Gasteiger partial charge in [-0.3, -0.25) is 4.57 Å². The largest absolute Gasteiger partial charge is 0.360 e. The Bertz CT molecular complexity index is 1100. The van der Waals surface area contributed by atoms with E-state index >= 15 is 0 Å². The van der Waals surface area contributed by atoms with Crippen LogP contribution in [-0.4, -0.2) is 19.7 Å². The Morgan fingerprint density at radius 1 is 1.11 bits per heavy atom. The molecule has 6 heteroatoms. The Balaban J connectivity index is 1.52. The summed E-state index contributed by atoms with van der Waals surface area (Å²) < 4.78 is 15.5. The number of hydrogen-bond acceptors (Lipinski definition) is 3. The van der Waals surface area contributed by atoms with Gasteiger partial charge in [-0.2, -0.15) is 0 Å². The Kier molecular flexibility index (Phi) is 4.01. The zero-order valence-electron chi connectivity index (χ0n) is 14.9. The molecule has 1 fully saturated rings. The quantitative estimate of drug-likeness (QED) is 0.450. The minimum Gasteiger partial charge on any atom is -0.360 e. The Hall–Kier alpha value is -2.60. The smallest absolute Gasteiger partial charge is 0.192 e. The summed E-state index contributed by atoms with van der Waals surface area (Å²) in [6, 6.07) is 15.4. The van der Waals surface area contributed by atoms with Crippen LogP contribution in [0.3, 0.4) is 0 Å². The molecule has 0 amide bonds. The first-order valence-electron chi connectivity index (χ1n) is 9.14. The van der Waals surface area contributed by atoms with Crippen LogP contribution in [-0.2, 0) is 0 Å². The number of nitrogens with zero attached hydrogens (tertiary/aromatic N) is 3. The molecule has 0 aliphatic heterocycles. The van der Waals surface area contributed by atoms with Gasteiger partial charge in [0.1, 0.15) is 5.82 Å². The number of aromatic nitrogens is 4. The SMILES string of the molecule is CC(Sc1nnc(-c2c[nH]c3ccccc23)n1C1CC1)c1ccc(F)cc1. The number of rotatable bonds is 5. The molecule has 4 nitrogen and oxygen atoms in total. The van der Waals surface area contributed by atoms with E-state index in [0.717, 1.165) is 45.9 Å². The van der Waals surface area contributed by atoms with E-state index in [4.69, 9.17) is 0 Å². The van der Waals surface area contributed by atoms with Gasteiger partial charge in [-0.1, -0.05) is 42.1 Å². The average Bonchev–Trinajstić information content (AvgIpc) is 3.30. The average molecular weight is 378 g/mol. The highest BCUT2D eigenvalue weighted by atomic mass is 32.2. The first kappa shape index (κ1) is 16.6. The minimum absolute atomic E-state index is 0.170. The molecule has 1 aliphatic rings. The van der Waals surface area contributed by atoms with E-state index in [0.29, 0.717) is 6.04 Å². The molecule has 5 rings (SSSR count). The lowest BCUT2D eigenvalue weighted by molar-refractivity contribution is 0.627. The molecule has 0 spiro atoms. The molecule has 1 saturated carbocycles. The number of halogens is 1. The normalized spacial score (nSPS) is 15.3. The van der Waals surface area contributed by atoms with E-state index in [1.165, 1.54) is 12.1 Å². The van der Waals surface area contributed by atoms with Crippen molar-refractivity contribution in [3.8, 4) is 11.4 Å². The van der Waals surface area contributed by atoms with Crippen LogP contribution in [0.4, 0.5) is 4.39 Å². The maximum Gasteiger partial charge on any atom is 0.192 e. The van der Waals surface area contributed by atoms with Crippen molar-refractivity contribution in [1.29, 1.82) is 0 Å². The maximum absolute atomic E-state index is 13.2. The summed E-state index contributed by atoms with van der Waals surface area (Å²) in [7, 11) is 0. The van der Waals surface area contributed by atoms with Crippen LogP contribution in [0.5, 0.6) is 0 Å². The Labute approximate surface area is 160 Å². The second-order valence-electron chi connectivity index (χ2n) is 6.97. The van der Waals surface area contributed by atoms with Gasteiger partial charge in [0, 0.05) is 34.0 Å². The first-order chi connectivity index (χ1) is 13.2. The van der Waals surface area contributed by atoms with Crippen LogP contribution in [0, 0.1) is 5.82 Å². The predicted octanol–water partition coefficient (Wildman–Crippen LogP) is 5.75. The number of hydrogen-bond donors (Lipinski definition) is 1. The van der Waals surface area contributed by atoms with Crippen molar-refractivity contribution in [3.05, 3.63) is 66.1 Å². The monoisotopic (exact) mass is 378 g/mol. The van der Waals surface area contributed by atoms with Gasteiger partial charge in [0.2, 0.25) is 0 Å². The molecule has 0 radical (unpaired) electrons. The fourth-order valence-corrected chi connectivity index (χ4v) is 4.47. The molecule has 0 bridgehead atoms. The fraction of sp³-hybridized carbons (Fsp3) is 0.238. The molecule has 136 valence electrons. The predicted molar refractivity (Wildman–Crippen MR) is 106 cm³/mol. The van der Waals surface area contributed by atoms with Crippen molar-refractivity contribution < 1.29 is 4.39 Å². The number of thioether (sulfide) groups is 1. The topological polar surface area (TPSA) is 46.5 Å². The van der Waals surface area contributed by atoms with Crippen LogP contribution in [0.25, 0.3) is 22.3 Å². The van der Waals surface area contributed by atoms with E-state index in [1.54, 1.807) is 11.8 Å². The highest BCUT2D eigenvalue weighted by Crippen LogP contribution is 2.44. The molecule has 2 aromatic carbocycles. The van der Waals surface area contributed by atoms with Gasteiger partial charge < -0.3 is 4.98 Å². The van der Waals surface area contributed by atoms with Crippen molar-refractivity contribution in [2.75, 3.05) is 0 Å².